The number of hydrogen-bond acceptors (Lipinski definition) is 3. The quantitative estimate of drug-likeness (QED) is 0.770. The van der Waals surface area contributed by atoms with Gasteiger partial charge in [-0.15, -0.1) is 0 Å². The van der Waals surface area contributed by atoms with Gasteiger partial charge in [-0.3, -0.25) is 4.79 Å². The van der Waals surface area contributed by atoms with Crippen molar-refractivity contribution < 1.29 is 9.53 Å². The van der Waals surface area contributed by atoms with Crippen LogP contribution < -0.4 is 15.4 Å². The molecule has 0 spiro atoms. The van der Waals surface area contributed by atoms with Gasteiger partial charge in [0, 0.05) is 19.7 Å². The Hall–Kier alpha value is -1.71. The van der Waals surface area contributed by atoms with E-state index in [1.165, 1.54) is 6.92 Å². The standard InChI is InChI=1S/C10H14N2O2/c1-7(13)12-8-4-5-10(14-3)9(6-8)11-2/h4-6,11H,1-3H3,(H,12,13). The lowest BCUT2D eigenvalue weighted by Gasteiger charge is -2.10. The number of ether oxygens (including phenoxy) is 1. The molecule has 0 fully saturated rings. The molecule has 4 heteroatoms. The van der Waals surface area contributed by atoms with Crippen molar-refractivity contribution in [2.45, 2.75) is 6.92 Å². The second-order valence-electron chi connectivity index (χ2n) is 2.85. The maximum atomic E-state index is 10.8. The topological polar surface area (TPSA) is 50.4 Å². The Labute approximate surface area is 83.3 Å². The van der Waals surface area contributed by atoms with Crippen LogP contribution in [-0.2, 0) is 4.79 Å². The average Bonchev–Trinajstić information content (AvgIpc) is 2.16. The fourth-order valence-corrected chi connectivity index (χ4v) is 1.18. The molecule has 76 valence electrons. The largest absolute Gasteiger partial charge is 0.495 e. The predicted octanol–water partition coefficient (Wildman–Crippen LogP) is 1.70. The van der Waals surface area contributed by atoms with Crippen LogP contribution in [0.15, 0.2) is 18.2 Å². The summed E-state index contributed by atoms with van der Waals surface area (Å²) in [5.74, 6) is 0.666. The van der Waals surface area contributed by atoms with E-state index in [0.717, 1.165) is 17.1 Å². The molecule has 1 aromatic carbocycles. The van der Waals surface area contributed by atoms with Crippen molar-refractivity contribution in [3.63, 3.8) is 0 Å². The van der Waals surface area contributed by atoms with E-state index in [4.69, 9.17) is 4.74 Å². The highest BCUT2D eigenvalue weighted by molar-refractivity contribution is 5.89. The molecule has 0 atom stereocenters. The van der Waals surface area contributed by atoms with Gasteiger partial charge in [-0.2, -0.15) is 0 Å². The molecule has 0 unspecified atom stereocenters. The Morgan fingerprint density at radius 3 is 2.64 bits per heavy atom. The van der Waals surface area contributed by atoms with Gasteiger partial charge >= 0.3 is 0 Å². The highest BCUT2D eigenvalue weighted by Gasteiger charge is 2.02. The van der Waals surface area contributed by atoms with Crippen LogP contribution in [-0.4, -0.2) is 20.1 Å². The lowest BCUT2D eigenvalue weighted by molar-refractivity contribution is -0.114. The van der Waals surface area contributed by atoms with Gasteiger partial charge in [-0.05, 0) is 18.2 Å². The highest BCUT2D eigenvalue weighted by atomic mass is 16.5. The molecule has 0 aliphatic rings. The number of methoxy groups -OCH3 is 1. The second-order valence-corrected chi connectivity index (χ2v) is 2.85. The minimum atomic E-state index is -0.0859. The Morgan fingerprint density at radius 2 is 2.14 bits per heavy atom. The molecular weight excluding hydrogens is 180 g/mol. The summed E-state index contributed by atoms with van der Waals surface area (Å²) in [4.78, 5) is 10.8. The van der Waals surface area contributed by atoms with Gasteiger partial charge in [0.1, 0.15) is 5.75 Å². The number of anilines is 2. The lowest BCUT2D eigenvalue weighted by atomic mass is 10.2. The number of nitrogens with one attached hydrogen (secondary N) is 2. The highest BCUT2D eigenvalue weighted by Crippen LogP contribution is 2.26. The molecule has 14 heavy (non-hydrogen) atoms. The van der Waals surface area contributed by atoms with Gasteiger partial charge in [-0.1, -0.05) is 0 Å². The van der Waals surface area contributed by atoms with Crippen molar-refractivity contribution >= 4 is 17.3 Å². The van der Waals surface area contributed by atoms with E-state index < -0.39 is 0 Å². The summed E-state index contributed by atoms with van der Waals surface area (Å²) >= 11 is 0. The number of amides is 1. The molecule has 4 nitrogen and oxygen atoms in total. The number of carbonyl (C=O) groups is 1. The molecule has 0 heterocycles. The molecule has 0 aliphatic heterocycles. The monoisotopic (exact) mass is 194 g/mol. The van der Waals surface area contributed by atoms with Crippen molar-refractivity contribution in [3.8, 4) is 5.75 Å². The zero-order chi connectivity index (χ0) is 10.6. The van der Waals surface area contributed by atoms with Crippen LogP contribution in [0, 0.1) is 0 Å². The summed E-state index contributed by atoms with van der Waals surface area (Å²) < 4.78 is 5.12. The van der Waals surface area contributed by atoms with Crippen LogP contribution >= 0.6 is 0 Å². The maximum absolute atomic E-state index is 10.8. The Morgan fingerprint density at radius 1 is 1.43 bits per heavy atom. The summed E-state index contributed by atoms with van der Waals surface area (Å²) in [6.07, 6.45) is 0. The summed E-state index contributed by atoms with van der Waals surface area (Å²) in [5.41, 5.74) is 1.60. The van der Waals surface area contributed by atoms with Gasteiger partial charge < -0.3 is 15.4 Å². The second kappa shape index (κ2) is 4.50. The van der Waals surface area contributed by atoms with Gasteiger partial charge in [0.25, 0.3) is 0 Å². The maximum Gasteiger partial charge on any atom is 0.221 e. The average molecular weight is 194 g/mol. The summed E-state index contributed by atoms with van der Waals surface area (Å²) in [7, 11) is 3.41. The number of benzene rings is 1. The molecule has 2 N–H and O–H groups in total. The first-order chi connectivity index (χ1) is 6.67. The molecule has 0 radical (unpaired) electrons. The molecule has 0 saturated carbocycles. The van der Waals surface area contributed by atoms with Gasteiger partial charge in [0.05, 0.1) is 12.8 Å². The number of hydrogen-bond donors (Lipinski definition) is 2. The van der Waals surface area contributed by atoms with Crippen molar-refractivity contribution in [1.29, 1.82) is 0 Å². The molecule has 1 rings (SSSR count). The summed E-state index contributed by atoms with van der Waals surface area (Å²) in [5, 5.41) is 5.68. The van der Waals surface area contributed by atoms with Crippen LogP contribution in [0.2, 0.25) is 0 Å². The lowest BCUT2D eigenvalue weighted by Crippen LogP contribution is -2.06. The molecule has 1 aromatic rings. The van der Waals surface area contributed by atoms with Gasteiger partial charge in [-0.25, -0.2) is 0 Å². The summed E-state index contributed by atoms with van der Waals surface area (Å²) in [6.45, 7) is 1.48. The van der Waals surface area contributed by atoms with Crippen LogP contribution in [0.25, 0.3) is 0 Å². The number of carbonyl (C=O) groups excluding carboxylic acids is 1. The normalized spacial score (nSPS) is 9.36. The number of rotatable bonds is 3. The van der Waals surface area contributed by atoms with Crippen molar-refractivity contribution in [2.75, 3.05) is 24.8 Å². The van der Waals surface area contributed by atoms with E-state index in [-0.39, 0.29) is 5.91 Å². The third kappa shape index (κ3) is 2.39. The molecule has 0 aromatic heterocycles. The smallest absolute Gasteiger partial charge is 0.221 e. The first kappa shape index (κ1) is 10.4. The van der Waals surface area contributed by atoms with E-state index in [0.29, 0.717) is 0 Å². The Bertz CT molecular complexity index is 337. The third-order valence-electron chi connectivity index (χ3n) is 1.79. The molecule has 0 bridgehead atoms. The third-order valence-corrected chi connectivity index (χ3v) is 1.79. The van der Waals surface area contributed by atoms with Crippen LogP contribution in [0.5, 0.6) is 5.75 Å². The van der Waals surface area contributed by atoms with E-state index in [1.54, 1.807) is 26.3 Å². The molecule has 0 saturated heterocycles. The predicted molar refractivity (Wildman–Crippen MR) is 56.8 cm³/mol. The van der Waals surface area contributed by atoms with Crippen molar-refractivity contribution in [1.82, 2.24) is 0 Å². The van der Waals surface area contributed by atoms with E-state index in [2.05, 4.69) is 10.6 Å². The van der Waals surface area contributed by atoms with Gasteiger partial charge in [0.2, 0.25) is 5.91 Å². The first-order valence-electron chi connectivity index (χ1n) is 4.30. The van der Waals surface area contributed by atoms with E-state index in [1.807, 2.05) is 6.07 Å². The minimum Gasteiger partial charge on any atom is -0.495 e. The Balaban J connectivity index is 2.95. The fourth-order valence-electron chi connectivity index (χ4n) is 1.18. The zero-order valence-electron chi connectivity index (χ0n) is 8.55. The van der Waals surface area contributed by atoms with Crippen molar-refractivity contribution in [3.05, 3.63) is 18.2 Å². The zero-order valence-corrected chi connectivity index (χ0v) is 8.55. The Kier molecular flexibility index (Phi) is 3.34. The first-order valence-corrected chi connectivity index (χ1v) is 4.30. The van der Waals surface area contributed by atoms with Crippen LogP contribution in [0.3, 0.4) is 0 Å². The van der Waals surface area contributed by atoms with Crippen LogP contribution in [0.4, 0.5) is 11.4 Å². The minimum absolute atomic E-state index is 0.0859. The fraction of sp³-hybridized carbons (Fsp3) is 0.300. The van der Waals surface area contributed by atoms with Crippen molar-refractivity contribution in [2.24, 2.45) is 0 Å². The van der Waals surface area contributed by atoms with E-state index >= 15 is 0 Å². The van der Waals surface area contributed by atoms with Crippen LogP contribution in [0.1, 0.15) is 6.92 Å². The van der Waals surface area contributed by atoms with E-state index in [9.17, 15) is 4.79 Å². The summed E-state index contributed by atoms with van der Waals surface area (Å²) in [6, 6.07) is 5.42. The SMILES string of the molecule is CNc1cc(NC(C)=O)ccc1OC. The molecule has 1 amide bonds. The molecule has 0 aliphatic carbocycles. The van der Waals surface area contributed by atoms with Gasteiger partial charge in [0.15, 0.2) is 0 Å². The molecular formula is C10H14N2O2.